The van der Waals surface area contributed by atoms with Crippen LogP contribution in [0, 0.1) is 5.92 Å². The van der Waals surface area contributed by atoms with E-state index in [4.69, 9.17) is 11.6 Å². The summed E-state index contributed by atoms with van der Waals surface area (Å²) in [5.74, 6) is 0.0642. The molecular formula is C16H20ClNO2. The van der Waals surface area contributed by atoms with Gasteiger partial charge in [-0.3, -0.25) is 4.79 Å². The number of benzene rings is 1. The Labute approximate surface area is 124 Å². The predicted molar refractivity (Wildman–Crippen MR) is 81.5 cm³/mol. The van der Waals surface area contributed by atoms with Crippen molar-refractivity contribution in [1.82, 2.24) is 5.32 Å². The molecule has 108 valence electrons. The van der Waals surface area contributed by atoms with Gasteiger partial charge in [-0.15, -0.1) is 0 Å². The van der Waals surface area contributed by atoms with E-state index in [1.54, 1.807) is 18.2 Å². The summed E-state index contributed by atoms with van der Waals surface area (Å²) in [7, 11) is 0. The maximum atomic E-state index is 11.7. The van der Waals surface area contributed by atoms with E-state index in [9.17, 15) is 9.90 Å². The second-order valence-corrected chi connectivity index (χ2v) is 5.68. The first-order valence-corrected chi connectivity index (χ1v) is 7.42. The lowest BCUT2D eigenvalue weighted by atomic mass is 9.86. The average Bonchev–Trinajstić information content (AvgIpc) is 2.46. The van der Waals surface area contributed by atoms with Gasteiger partial charge in [0.15, 0.2) is 0 Å². The molecule has 1 aliphatic carbocycles. The van der Waals surface area contributed by atoms with Crippen molar-refractivity contribution in [1.29, 1.82) is 0 Å². The quantitative estimate of drug-likeness (QED) is 0.839. The molecule has 1 fully saturated rings. The second-order valence-electron chi connectivity index (χ2n) is 5.24. The summed E-state index contributed by atoms with van der Waals surface area (Å²) in [4.78, 5) is 11.7. The molecule has 2 rings (SSSR count). The van der Waals surface area contributed by atoms with E-state index < -0.39 is 0 Å². The van der Waals surface area contributed by atoms with Crippen LogP contribution in [0.1, 0.15) is 31.2 Å². The van der Waals surface area contributed by atoms with Crippen molar-refractivity contribution in [3.05, 3.63) is 40.9 Å². The van der Waals surface area contributed by atoms with Crippen LogP contribution in [0.5, 0.6) is 0 Å². The third-order valence-corrected chi connectivity index (χ3v) is 3.96. The second kappa shape index (κ2) is 7.46. The molecule has 20 heavy (non-hydrogen) atoms. The molecule has 0 heterocycles. The number of aliphatic hydroxyl groups is 1. The number of halogens is 1. The van der Waals surface area contributed by atoms with Gasteiger partial charge in [0, 0.05) is 23.6 Å². The zero-order valence-electron chi connectivity index (χ0n) is 11.4. The molecule has 2 N–H and O–H groups in total. The van der Waals surface area contributed by atoms with Gasteiger partial charge >= 0.3 is 0 Å². The molecule has 1 aliphatic rings. The van der Waals surface area contributed by atoms with E-state index in [0.717, 1.165) is 31.2 Å². The summed E-state index contributed by atoms with van der Waals surface area (Å²) in [6.07, 6.45) is 7.05. The number of carbonyl (C=O) groups excluding carboxylic acids is 1. The summed E-state index contributed by atoms with van der Waals surface area (Å²) < 4.78 is 0. The van der Waals surface area contributed by atoms with Crippen molar-refractivity contribution in [2.45, 2.75) is 31.8 Å². The van der Waals surface area contributed by atoms with Gasteiger partial charge in [0.2, 0.25) is 5.91 Å². The highest BCUT2D eigenvalue weighted by atomic mass is 35.5. The largest absolute Gasteiger partial charge is 0.393 e. The lowest BCUT2D eigenvalue weighted by Crippen LogP contribution is -2.36. The highest BCUT2D eigenvalue weighted by Gasteiger charge is 2.22. The molecule has 4 heteroatoms. The van der Waals surface area contributed by atoms with E-state index in [1.165, 1.54) is 6.08 Å². The van der Waals surface area contributed by atoms with Gasteiger partial charge in [0.1, 0.15) is 0 Å². The van der Waals surface area contributed by atoms with Crippen LogP contribution in [0.25, 0.3) is 6.08 Å². The summed E-state index contributed by atoms with van der Waals surface area (Å²) in [6.45, 7) is 0.547. The standard InChI is InChI=1S/C16H20ClNO2/c17-14-8-5-12(6-9-14)7-10-16(20)18-11-13-3-1-2-4-15(13)19/h5-10,13,15,19H,1-4,11H2,(H,18,20). The van der Waals surface area contributed by atoms with Crippen molar-refractivity contribution in [3.63, 3.8) is 0 Å². The number of amides is 1. The van der Waals surface area contributed by atoms with Crippen molar-refractivity contribution in [2.75, 3.05) is 6.54 Å². The lowest BCUT2D eigenvalue weighted by Gasteiger charge is -2.27. The third-order valence-electron chi connectivity index (χ3n) is 3.70. The van der Waals surface area contributed by atoms with Crippen molar-refractivity contribution >= 4 is 23.6 Å². The van der Waals surface area contributed by atoms with Gasteiger partial charge in [-0.25, -0.2) is 0 Å². The van der Waals surface area contributed by atoms with Gasteiger partial charge in [0.05, 0.1) is 6.10 Å². The molecule has 0 bridgehead atoms. The number of rotatable bonds is 4. The molecular weight excluding hydrogens is 274 g/mol. The number of aliphatic hydroxyl groups excluding tert-OH is 1. The normalized spacial score (nSPS) is 22.9. The molecule has 2 atom stereocenters. The van der Waals surface area contributed by atoms with Crippen LogP contribution in [0.4, 0.5) is 0 Å². The molecule has 1 aromatic rings. The molecule has 1 aromatic carbocycles. The minimum atomic E-state index is -0.274. The van der Waals surface area contributed by atoms with Crippen LogP contribution in [0.3, 0.4) is 0 Å². The Balaban J connectivity index is 1.78. The Morgan fingerprint density at radius 2 is 2.00 bits per heavy atom. The maximum absolute atomic E-state index is 11.7. The molecule has 0 saturated heterocycles. The zero-order chi connectivity index (χ0) is 14.4. The van der Waals surface area contributed by atoms with Crippen molar-refractivity contribution < 1.29 is 9.90 Å². The van der Waals surface area contributed by atoms with Crippen LogP contribution in [-0.2, 0) is 4.79 Å². The Morgan fingerprint density at radius 3 is 2.70 bits per heavy atom. The van der Waals surface area contributed by atoms with Gasteiger partial charge in [-0.1, -0.05) is 36.6 Å². The highest BCUT2D eigenvalue weighted by molar-refractivity contribution is 6.30. The van der Waals surface area contributed by atoms with Gasteiger partial charge in [0.25, 0.3) is 0 Å². The SMILES string of the molecule is O=C(C=Cc1ccc(Cl)cc1)NCC1CCCCC1O. The van der Waals surface area contributed by atoms with Gasteiger partial charge in [-0.2, -0.15) is 0 Å². The summed E-state index contributed by atoms with van der Waals surface area (Å²) in [6, 6.07) is 7.29. The first-order chi connectivity index (χ1) is 9.65. The van der Waals surface area contributed by atoms with Crippen LogP contribution < -0.4 is 5.32 Å². The summed E-state index contributed by atoms with van der Waals surface area (Å²) >= 11 is 5.80. The number of nitrogens with one attached hydrogen (secondary N) is 1. The number of hydrogen-bond acceptors (Lipinski definition) is 2. The van der Waals surface area contributed by atoms with Crippen LogP contribution >= 0.6 is 11.6 Å². The topological polar surface area (TPSA) is 49.3 Å². The Hall–Kier alpha value is -1.32. The number of hydrogen-bond donors (Lipinski definition) is 2. The fourth-order valence-electron chi connectivity index (χ4n) is 2.46. The molecule has 1 saturated carbocycles. The van der Waals surface area contributed by atoms with Crippen LogP contribution in [-0.4, -0.2) is 23.7 Å². The molecule has 1 amide bonds. The summed E-state index contributed by atoms with van der Waals surface area (Å²) in [5.41, 5.74) is 0.933. The smallest absolute Gasteiger partial charge is 0.244 e. The first kappa shape index (κ1) is 15.1. The van der Waals surface area contributed by atoms with E-state index in [0.29, 0.717) is 11.6 Å². The average molecular weight is 294 g/mol. The fraction of sp³-hybridized carbons (Fsp3) is 0.438. The molecule has 0 aromatic heterocycles. The molecule has 2 unspecified atom stereocenters. The Morgan fingerprint density at radius 1 is 1.30 bits per heavy atom. The summed E-state index contributed by atoms with van der Waals surface area (Å²) in [5, 5.41) is 13.4. The fourth-order valence-corrected chi connectivity index (χ4v) is 2.59. The Bertz CT molecular complexity index is 470. The van der Waals surface area contributed by atoms with Gasteiger partial charge in [-0.05, 0) is 36.6 Å². The van der Waals surface area contributed by atoms with E-state index >= 15 is 0 Å². The van der Waals surface area contributed by atoms with Crippen molar-refractivity contribution in [3.8, 4) is 0 Å². The minimum Gasteiger partial charge on any atom is -0.393 e. The van der Waals surface area contributed by atoms with E-state index in [-0.39, 0.29) is 17.9 Å². The monoisotopic (exact) mass is 293 g/mol. The van der Waals surface area contributed by atoms with E-state index in [1.807, 2.05) is 12.1 Å². The molecule has 0 aliphatic heterocycles. The molecule has 0 radical (unpaired) electrons. The molecule has 0 spiro atoms. The van der Waals surface area contributed by atoms with Crippen LogP contribution in [0.15, 0.2) is 30.3 Å². The highest BCUT2D eigenvalue weighted by Crippen LogP contribution is 2.23. The van der Waals surface area contributed by atoms with E-state index in [2.05, 4.69) is 5.32 Å². The minimum absolute atomic E-state index is 0.127. The van der Waals surface area contributed by atoms with Gasteiger partial charge < -0.3 is 10.4 Å². The third kappa shape index (κ3) is 4.66. The number of carbonyl (C=O) groups is 1. The predicted octanol–water partition coefficient (Wildman–Crippen LogP) is 3.02. The Kier molecular flexibility index (Phi) is 5.62. The lowest BCUT2D eigenvalue weighted by molar-refractivity contribution is -0.116. The first-order valence-electron chi connectivity index (χ1n) is 7.04. The zero-order valence-corrected chi connectivity index (χ0v) is 12.1. The van der Waals surface area contributed by atoms with Crippen molar-refractivity contribution in [2.24, 2.45) is 5.92 Å². The molecule has 3 nitrogen and oxygen atoms in total. The van der Waals surface area contributed by atoms with Crippen LogP contribution in [0.2, 0.25) is 5.02 Å². The maximum Gasteiger partial charge on any atom is 0.244 e.